The fraction of sp³-hybridized carbons (Fsp3) is 0.106. The number of nitrogens with one attached hydrogen (secondary N) is 1. The zero-order chi connectivity index (χ0) is 33.7. The summed E-state index contributed by atoms with van der Waals surface area (Å²) in [6.07, 6.45) is 20.8. The quantitative estimate of drug-likeness (QED) is 0.205. The Hall–Kier alpha value is -6.26. The van der Waals surface area contributed by atoms with Crippen LogP contribution in [0.1, 0.15) is 35.6 Å². The zero-order valence-corrected chi connectivity index (χ0v) is 28.2. The molecule has 0 fully saturated rings. The van der Waals surface area contributed by atoms with E-state index in [1.807, 2.05) is 18.3 Å². The van der Waals surface area contributed by atoms with Crippen molar-refractivity contribution in [3.8, 4) is 50.9 Å². The Balaban J connectivity index is 1.16. The summed E-state index contributed by atoms with van der Waals surface area (Å²) in [5.74, 6) is 3.43. The second-order valence-corrected chi connectivity index (χ2v) is 13.6. The molecule has 2 aliphatic heterocycles. The number of ether oxygens (including phenoxy) is 2. The summed E-state index contributed by atoms with van der Waals surface area (Å²) < 4.78 is 16.4. The van der Waals surface area contributed by atoms with Crippen LogP contribution in [0.4, 0.5) is 0 Å². The van der Waals surface area contributed by atoms with Gasteiger partial charge in [-0.1, -0.05) is 97.1 Å². The maximum absolute atomic E-state index is 7.03. The van der Waals surface area contributed by atoms with Crippen LogP contribution in [-0.2, 0) is 6.42 Å². The van der Waals surface area contributed by atoms with E-state index in [0.717, 1.165) is 76.7 Å². The topological polar surface area (TPSA) is 35.4 Å². The first-order valence-corrected chi connectivity index (χ1v) is 17.9. The first-order chi connectivity index (χ1) is 25.3. The summed E-state index contributed by atoms with van der Waals surface area (Å²) in [6, 6.07) is 38.6. The first kappa shape index (κ1) is 29.6. The number of dihydropyridines is 1. The molecule has 1 atom stereocenters. The van der Waals surface area contributed by atoms with Gasteiger partial charge in [-0.25, -0.2) is 0 Å². The Bertz CT molecular complexity index is 2520. The molecule has 0 saturated heterocycles. The van der Waals surface area contributed by atoms with Gasteiger partial charge in [-0.15, -0.1) is 0 Å². The smallest absolute Gasteiger partial charge is 0.137 e. The van der Waals surface area contributed by atoms with Crippen molar-refractivity contribution in [2.24, 2.45) is 0 Å². The second-order valence-electron chi connectivity index (χ2n) is 13.6. The van der Waals surface area contributed by atoms with Crippen LogP contribution >= 0.6 is 0 Å². The van der Waals surface area contributed by atoms with Gasteiger partial charge in [-0.2, -0.15) is 0 Å². The Kier molecular flexibility index (Phi) is 7.12. The second kappa shape index (κ2) is 12.3. The molecule has 0 bridgehead atoms. The number of hydrogen-bond donors (Lipinski definition) is 1. The molecule has 1 N–H and O–H groups in total. The molecule has 51 heavy (non-hydrogen) atoms. The molecule has 0 radical (unpaired) electrons. The maximum Gasteiger partial charge on any atom is 0.137 e. The summed E-state index contributed by atoms with van der Waals surface area (Å²) in [5.41, 5.74) is 12.7. The Labute approximate surface area is 298 Å². The number of nitrogens with zero attached hydrogens (tertiary/aromatic N) is 1. The zero-order valence-electron chi connectivity index (χ0n) is 28.2. The van der Waals surface area contributed by atoms with Crippen LogP contribution in [0, 0.1) is 0 Å². The van der Waals surface area contributed by atoms with Gasteiger partial charge in [0.05, 0.1) is 5.52 Å². The van der Waals surface area contributed by atoms with Crippen LogP contribution in [0.5, 0.6) is 23.0 Å². The van der Waals surface area contributed by atoms with Crippen molar-refractivity contribution in [1.82, 2.24) is 9.88 Å². The molecular weight excluding hydrogens is 625 g/mol. The SMILES string of the molecule is C1=CNCC(C2=CC(c3ccc4c(c3)Oc3ccccc3-c3ccccc3Oc3cc(-n5c6c(c7ccccc75)CCC=C6)ccc3-4)CC=C2)=C1. The minimum atomic E-state index is 0.233. The third-order valence-corrected chi connectivity index (χ3v) is 10.6. The fourth-order valence-corrected chi connectivity index (χ4v) is 8.08. The van der Waals surface area contributed by atoms with E-state index in [1.165, 1.54) is 38.9 Å². The van der Waals surface area contributed by atoms with E-state index >= 15 is 0 Å². The van der Waals surface area contributed by atoms with Gasteiger partial charge in [0.1, 0.15) is 23.0 Å². The van der Waals surface area contributed by atoms with Crippen molar-refractivity contribution >= 4 is 17.0 Å². The molecule has 5 aromatic carbocycles. The highest BCUT2D eigenvalue weighted by Gasteiger charge is 2.24. The highest BCUT2D eigenvalue weighted by atomic mass is 16.5. The largest absolute Gasteiger partial charge is 0.456 e. The average molecular weight is 661 g/mol. The van der Waals surface area contributed by atoms with Gasteiger partial charge < -0.3 is 19.4 Å². The molecule has 0 saturated carbocycles. The van der Waals surface area contributed by atoms with Crippen molar-refractivity contribution in [2.45, 2.75) is 25.2 Å². The number of allylic oxidation sites excluding steroid dienone is 6. The van der Waals surface area contributed by atoms with E-state index in [2.05, 4.69) is 149 Å². The number of hydrogen-bond acceptors (Lipinski definition) is 3. The van der Waals surface area contributed by atoms with Crippen molar-refractivity contribution in [2.75, 3.05) is 6.54 Å². The predicted molar refractivity (Wildman–Crippen MR) is 208 cm³/mol. The summed E-state index contributed by atoms with van der Waals surface area (Å²) in [4.78, 5) is 0. The number of fused-ring (bicyclic) bond motifs is 9. The molecule has 6 aromatic rings. The van der Waals surface area contributed by atoms with Gasteiger partial charge in [-0.05, 0) is 96.3 Å². The highest BCUT2D eigenvalue weighted by molar-refractivity contribution is 5.91. The molecule has 1 unspecified atom stereocenters. The molecule has 3 heterocycles. The Morgan fingerprint density at radius 1 is 0.667 bits per heavy atom. The Morgan fingerprint density at radius 3 is 2.20 bits per heavy atom. The molecule has 4 nitrogen and oxygen atoms in total. The van der Waals surface area contributed by atoms with Gasteiger partial charge in [0.25, 0.3) is 0 Å². The lowest BCUT2D eigenvalue weighted by Crippen LogP contribution is -2.14. The molecule has 2 aliphatic carbocycles. The number of para-hydroxylation sites is 3. The van der Waals surface area contributed by atoms with E-state index in [1.54, 1.807) is 0 Å². The lowest BCUT2D eigenvalue weighted by atomic mass is 9.86. The van der Waals surface area contributed by atoms with E-state index in [4.69, 9.17) is 9.47 Å². The van der Waals surface area contributed by atoms with Gasteiger partial charge >= 0.3 is 0 Å². The van der Waals surface area contributed by atoms with E-state index in [0.29, 0.717) is 0 Å². The maximum atomic E-state index is 7.03. The van der Waals surface area contributed by atoms with Crippen LogP contribution < -0.4 is 14.8 Å². The predicted octanol–water partition coefficient (Wildman–Crippen LogP) is 11.8. The number of benzene rings is 5. The monoisotopic (exact) mass is 660 g/mol. The normalized spacial score (nSPS) is 17.0. The van der Waals surface area contributed by atoms with Gasteiger partial charge in [0.15, 0.2) is 0 Å². The summed E-state index contributed by atoms with van der Waals surface area (Å²) in [6.45, 7) is 0.835. The van der Waals surface area contributed by atoms with E-state index < -0.39 is 0 Å². The van der Waals surface area contributed by atoms with Crippen LogP contribution in [0.3, 0.4) is 0 Å². The minimum Gasteiger partial charge on any atom is -0.456 e. The molecule has 246 valence electrons. The highest BCUT2D eigenvalue weighted by Crippen LogP contribution is 2.48. The molecule has 1 aromatic heterocycles. The van der Waals surface area contributed by atoms with Gasteiger partial charge in [0.2, 0.25) is 0 Å². The molecule has 4 aliphatic rings. The number of rotatable bonds is 3. The fourth-order valence-electron chi connectivity index (χ4n) is 8.08. The van der Waals surface area contributed by atoms with E-state index in [-0.39, 0.29) is 5.92 Å². The van der Waals surface area contributed by atoms with Crippen LogP contribution in [0.2, 0.25) is 0 Å². The summed E-state index contributed by atoms with van der Waals surface area (Å²) in [7, 11) is 0. The lowest BCUT2D eigenvalue weighted by molar-refractivity contribution is 0.471. The van der Waals surface area contributed by atoms with E-state index in [9.17, 15) is 0 Å². The molecule has 0 spiro atoms. The first-order valence-electron chi connectivity index (χ1n) is 17.9. The average Bonchev–Trinajstić information content (AvgIpc) is 3.53. The Morgan fingerprint density at radius 2 is 1.39 bits per heavy atom. The third-order valence-electron chi connectivity index (χ3n) is 10.6. The number of aryl methyl sites for hydroxylation is 1. The molecule has 4 heteroatoms. The summed E-state index contributed by atoms with van der Waals surface area (Å²) >= 11 is 0. The van der Waals surface area contributed by atoms with Crippen molar-refractivity contribution in [3.05, 3.63) is 180 Å². The van der Waals surface area contributed by atoms with Gasteiger partial charge in [0, 0.05) is 57.6 Å². The minimum absolute atomic E-state index is 0.233. The molecular formula is C47H36N2O2. The van der Waals surface area contributed by atoms with Crippen molar-refractivity contribution in [1.29, 1.82) is 0 Å². The van der Waals surface area contributed by atoms with Crippen LogP contribution in [0.25, 0.3) is 44.9 Å². The van der Waals surface area contributed by atoms with Crippen molar-refractivity contribution in [3.63, 3.8) is 0 Å². The van der Waals surface area contributed by atoms with Crippen LogP contribution in [0.15, 0.2) is 163 Å². The standard InChI is InChI=1S/C47H36N2O2/c1-5-18-42-36(14-1)37-15-2-6-19-43(37)49(42)35-23-25-41-40-24-22-33(31-11-9-12-32(27-31)34-13-10-26-48-30-34)28-46(40)50-44-20-7-3-16-38(44)39-17-4-8-21-45(39)51-47(41)29-35/h1,3-10,12-14,16-29,31,48H,2,11,15,30H2. The summed E-state index contributed by atoms with van der Waals surface area (Å²) in [5, 5.41) is 4.67. The lowest BCUT2D eigenvalue weighted by Gasteiger charge is -2.24. The van der Waals surface area contributed by atoms with Crippen molar-refractivity contribution < 1.29 is 9.47 Å². The molecule has 10 rings (SSSR count). The van der Waals surface area contributed by atoms with Gasteiger partial charge in [-0.3, -0.25) is 0 Å². The van der Waals surface area contributed by atoms with Crippen LogP contribution in [-0.4, -0.2) is 11.1 Å². The number of aromatic nitrogens is 1. The molecule has 0 amide bonds. The third kappa shape index (κ3) is 5.14.